The van der Waals surface area contributed by atoms with Crippen molar-refractivity contribution in [2.75, 3.05) is 27.7 Å². The normalized spacial score (nSPS) is 13.0. The Labute approximate surface area is 138 Å². The fourth-order valence-corrected chi connectivity index (χ4v) is 3.59. The van der Waals surface area contributed by atoms with Crippen LogP contribution in [0.2, 0.25) is 0 Å². The molecule has 0 spiro atoms. The molecule has 0 aliphatic carbocycles. The minimum absolute atomic E-state index is 0.203. The summed E-state index contributed by atoms with van der Waals surface area (Å²) < 4.78 is 3.13. The van der Waals surface area contributed by atoms with E-state index in [1.807, 2.05) is 20.2 Å². The Kier molecular flexibility index (Phi) is 5.92. The van der Waals surface area contributed by atoms with Crippen LogP contribution in [0, 0.1) is 6.92 Å². The molecule has 2 rings (SSSR count). The van der Waals surface area contributed by atoms with Gasteiger partial charge >= 0.3 is 0 Å². The molecule has 0 fully saturated rings. The first-order valence-electron chi connectivity index (χ1n) is 6.95. The fraction of sp³-hybridized carbons (Fsp3) is 0.571. The standard InChI is InChI=1S/C14H22BrN5S/c1-10-9-21-13(18-10)7-12(16-2)14-11(15)8-17-20(14)6-5-19(3)4/h8-9,12,16H,5-7H2,1-4H3. The molecule has 0 saturated carbocycles. The molecular formula is C14H22BrN5S. The summed E-state index contributed by atoms with van der Waals surface area (Å²) in [5.41, 5.74) is 2.28. The number of hydrogen-bond donors (Lipinski definition) is 1. The van der Waals surface area contributed by atoms with Gasteiger partial charge in [0, 0.05) is 24.0 Å². The van der Waals surface area contributed by atoms with E-state index in [1.54, 1.807) is 11.3 Å². The molecule has 1 atom stereocenters. The number of halogens is 1. The van der Waals surface area contributed by atoms with E-state index in [4.69, 9.17) is 0 Å². The molecular weight excluding hydrogens is 350 g/mol. The highest BCUT2D eigenvalue weighted by atomic mass is 79.9. The Morgan fingerprint density at radius 2 is 2.24 bits per heavy atom. The largest absolute Gasteiger partial charge is 0.311 e. The maximum absolute atomic E-state index is 4.57. The molecule has 1 N–H and O–H groups in total. The summed E-state index contributed by atoms with van der Waals surface area (Å²) in [6.07, 6.45) is 2.75. The number of rotatable bonds is 7. The van der Waals surface area contributed by atoms with Gasteiger partial charge in [-0.05, 0) is 44.0 Å². The molecule has 0 aliphatic heterocycles. The number of nitrogens with one attached hydrogen (secondary N) is 1. The summed E-state index contributed by atoms with van der Waals surface area (Å²) in [6, 6.07) is 0.203. The molecule has 21 heavy (non-hydrogen) atoms. The van der Waals surface area contributed by atoms with Crippen molar-refractivity contribution in [2.45, 2.75) is 25.9 Å². The van der Waals surface area contributed by atoms with Crippen LogP contribution in [0.1, 0.15) is 22.4 Å². The van der Waals surface area contributed by atoms with E-state index in [9.17, 15) is 0 Å². The third kappa shape index (κ3) is 4.35. The molecule has 0 aromatic carbocycles. The van der Waals surface area contributed by atoms with Gasteiger partial charge in [-0.3, -0.25) is 4.68 Å². The highest BCUT2D eigenvalue weighted by Crippen LogP contribution is 2.27. The van der Waals surface area contributed by atoms with Crippen LogP contribution in [0.3, 0.4) is 0 Å². The van der Waals surface area contributed by atoms with Crippen molar-refractivity contribution < 1.29 is 0 Å². The van der Waals surface area contributed by atoms with Gasteiger partial charge in [-0.2, -0.15) is 5.10 Å². The van der Waals surface area contributed by atoms with Crippen LogP contribution in [-0.2, 0) is 13.0 Å². The predicted octanol–water partition coefficient (Wildman–Crippen LogP) is 2.48. The van der Waals surface area contributed by atoms with Gasteiger partial charge in [-0.25, -0.2) is 4.98 Å². The second-order valence-electron chi connectivity index (χ2n) is 5.33. The Balaban J connectivity index is 2.18. The number of aromatic nitrogens is 3. The van der Waals surface area contributed by atoms with Crippen molar-refractivity contribution in [1.29, 1.82) is 0 Å². The molecule has 2 aromatic rings. The number of nitrogens with zero attached hydrogens (tertiary/aromatic N) is 4. The molecule has 0 amide bonds. The molecule has 2 aromatic heterocycles. The lowest BCUT2D eigenvalue weighted by Crippen LogP contribution is -2.26. The highest BCUT2D eigenvalue weighted by Gasteiger charge is 2.20. The molecule has 0 aliphatic rings. The van der Waals surface area contributed by atoms with Crippen LogP contribution in [0.25, 0.3) is 0 Å². The van der Waals surface area contributed by atoms with Crippen LogP contribution >= 0.6 is 27.3 Å². The van der Waals surface area contributed by atoms with Crippen molar-refractivity contribution in [3.63, 3.8) is 0 Å². The van der Waals surface area contributed by atoms with E-state index in [-0.39, 0.29) is 6.04 Å². The summed E-state index contributed by atoms with van der Waals surface area (Å²) in [6.45, 7) is 3.88. The third-order valence-corrected chi connectivity index (χ3v) is 4.92. The number of thiazole rings is 1. The summed E-state index contributed by atoms with van der Waals surface area (Å²) in [7, 11) is 6.14. The Morgan fingerprint density at radius 3 is 2.81 bits per heavy atom. The lowest BCUT2D eigenvalue weighted by molar-refractivity contribution is 0.363. The number of hydrogen-bond acceptors (Lipinski definition) is 5. The zero-order valence-electron chi connectivity index (χ0n) is 12.9. The van der Waals surface area contributed by atoms with Gasteiger partial charge in [0.15, 0.2) is 0 Å². The molecule has 7 heteroatoms. The second kappa shape index (κ2) is 7.49. The molecule has 1 unspecified atom stereocenters. The summed E-state index contributed by atoms with van der Waals surface area (Å²) >= 11 is 5.35. The Morgan fingerprint density at radius 1 is 1.48 bits per heavy atom. The molecule has 2 heterocycles. The van der Waals surface area contributed by atoms with Crippen LogP contribution in [0.15, 0.2) is 16.0 Å². The maximum Gasteiger partial charge on any atom is 0.0947 e. The average Bonchev–Trinajstić information content (AvgIpc) is 3.00. The van der Waals surface area contributed by atoms with Crippen LogP contribution in [-0.4, -0.2) is 47.4 Å². The van der Waals surface area contributed by atoms with Crippen molar-refractivity contribution >= 4 is 27.3 Å². The molecule has 0 saturated heterocycles. The zero-order chi connectivity index (χ0) is 15.4. The lowest BCUT2D eigenvalue weighted by atomic mass is 10.1. The lowest BCUT2D eigenvalue weighted by Gasteiger charge is -2.19. The fourth-order valence-electron chi connectivity index (χ4n) is 2.20. The van der Waals surface area contributed by atoms with Crippen LogP contribution < -0.4 is 5.32 Å². The van der Waals surface area contributed by atoms with Crippen molar-refractivity contribution in [1.82, 2.24) is 25.0 Å². The smallest absolute Gasteiger partial charge is 0.0947 e. The molecule has 0 radical (unpaired) electrons. The number of aryl methyl sites for hydroxylation is 1. The van der Waals surface area contributed by atoms with Gasteiger partial charge in [0.05, 0.1) is 34.0 Å². The van der Waals surface area contributed by atoms with E-state index in [0.29, 0.717) is 0 Å². The van der Waals surface area contributed by atoms with E-state index in [0.717, 1.165) is 34.7 Å². The third-order valence-electron chi connectivity index (χ3n) is 3.32. The van der Waals surface area contributed by atoms with Gasteiger partial charge in [-0.15, -0.1) is 11.3 Å². The second-order valence-corrected chi connectivity index (χ2v) is 7.13. The Hall–Kier alpha value is -0.760. The first-order chi connectivity index (χ1) is 10.0. The summed E-state index contributed by atoms with van der Waals surface area (Å²) in [5.74, 6) is 0. The Bertz CT molecular complexity index is 578. The quantitative estimate of drug-likeness (QED) is 0.811. The van der Waals surface area contributed by atoms with Gasteiger partial charge in [0.25, 0.3) is 0 Å². The summed E-state index contributed by atoms with van der Waals surface area (Å²) in [4.78, 5) is 6.73. The van der Waals surface area contributed by atoms with Crippen LogP contribution in [0.4, 0.5) is 0 Å². The van der Waals surface area contributed by atoms with E-state index in [1.165, 1.54) is 5.69 Å². The maximum atomic E-state index is 4.57. The zero-order valence-corrected chi connectivity index (χ0v) is 15.3. The van der Waals surface area contributed by atoms with Gasteiger partial charge < -0.3 is 10.2 Å². The monoisotopic (exact) mass is 371 g/mol. The summed E-state index contributed by atoms with van der Waals surface area (Å²) in [5, 5.41) is 11.1. The van der Waals surface area contributed by atoms with E-state index in [2.05, 4.69) is 60.4 Å². The topological polar surface area (TPSA) is 46.0 Å². The number of likely N-dealkylation sites (N-methyl/N-ethyl adjacent to an activating group) is 2. The molecule has 116 valence electrons. The van der Waals surface area contributed by atoms with Crippen molar-refractivity contribution in [2.24, 2.45) is 0 Å². The highest BCUT2D eigenvalue weighted by molar-refractivity contribution is 9.10. The minimum Gasteiger partial charge on any atom is -0.311 e. The van der Waals surface area contributed by atoms with Crippen molar-refractivity contribution in [3.8, 4) is 0 Å². The van der Waals surface area contributed by atoms with Gasteiger partial charge in [0.2, 0.25) is 0 Å². The van der Waals surface area contributed by atoms with Gasteiger partial charge in [0.1, 0.15) is 0 Å². The molecule has 5 nitrogen and oxygen atoms in total. The average molecular weight is 372 g/mol. The first-order valence-corrected chi connectivity index (χ1v) is 8.62. The SMILES string of the molecule is CNC(Cc1nc(C)cs1)c1c(Br)cnn1CCN(C)C. The first kappa shape index (κ1) is 16.6. The minimum atomic E-state index is 0.203. The van der Waals surface area contributed by atoms with Crippen LogP contribution in [0.5, 0.6) is 0 Å². The van der Waals surface area contributed by atoms with E-state index >= 15 is 0 Å². The van der Waals surface area contributed by atoms with E-state index < -0.39 is 0 Å². The van der Waals surface area contributed by atoms with Crippen molar-refractivity contribution in [3.05, 3.63) is 32.4 Å². The predicted molar refractivity (Wildman–Crippen MR) is 90.8 cm³/mol. The van der Waals surface area contributed by atoms with Gasteiger partial charge in [-0.1, -0.05) is 0 Å². The molecule has 0 bridgehead atoms.